The number of amides is 1. The molecule has 1 aliphatic rings. The third-order valence-corrected chi connectivity index (χ3v) is 3.85. The van der Waals surface area contributed by atoms with Crippen molar-refractivity contribution in [2.75, 3.05) is 0 Å². The van der Waals surface area contributed by atoms with E-state index < -0.39 is 17.7 Å². The Hall–Kier alpha value is -1.91. The molecule has 2 N–H and O–H groups in total. The molecular formula is C15H18FNO3. The molecule has 0 aromatic heterocycles. The standard InChI is InChI=1S/C15H18FNO3/c1-9-3-2-4-12(13(9)16)14(18)17-11-7-5-10(6-8-11)15(19)20/h2-4,10-11H,5-8H2,1H3,(H,17,18)(H,19,20). The molecule has 20 heavy (non-hydrogen) atoms. The number of rotatable bonds is 3. The van der Waals surface area contributed by atoms with Gasteiger partial charge in [-0.1, -0.05) is 12.1 Å². The molecule has 1 saturated carbocycles. The Morgan fingerprint density at radius 1 is 1.25 bits per heavy atom. The van der Waals surface area contributed by atoms with Gasteiger partial charge in [-0.05, 0) is 44.2 Å². The number of benzene rings is 1. The van der Waals surface area contributed by atoms with Crippen LogP contribution in [0, 0.1) is 18.7 Å². The van der Waals surface area contributed by atoms with Crippen molar-refractivity contribution >= 4 is 11.9 Å². The molecule has 0 aliphatic heterocycles. The Balaban J connectivity index is 1.96. The molecule has 0 saturated heterocycles. The van der Waals surface area contributed by atoms with Gasteiger partial charge in [-0.25, -0.2) is 4.39 Å². The molecule has 0 spiro atoms. The molecule has 108 valence electrons. The minimum Gasteiger partial charge on any atom is -0.481 e. The molecular weight excluding hydrogens is 261 g/mol. The zero-order valence-electron chi connectivity index (χ0n) is 11.4. The maximum atomic E-state index is 13.8. The summed E-state index contributed by atoms with van der Waals surface area (Å²) in [5.41, 5.74) is 0.484. The van der Waals surface area contributed by atoms with Crippen LogP contribution in [-0.4, -0.2) is 23.0 Å². The molecule has 2 rings (SSSR count). The Morgan fingerprint density at radius 3 is 2.50 bits per heavy atom. The van der Waals surface area contributed by atoms with Gasteiger partial charge in [0, 0.05) is 6.04 Å². The number of nitrogens with one attached hydrogen (secondary N) is 1. The Labute approximate surface area is 117 Å². The summed E-state index contributed by atoms with van der Waals surface area (Å²) in [4.78, 5) is 22.9. The van der Waals surface area contributed by atoms with Crippen LogP contribution in [-0.2, 0) is 4.79 Å². The first kappa shape index (κ1) is 14.5. The first-order valence-corrected chi connectivity index (χ1v) is 6.78. The number of aryl methyl sites for hydroxylation is 1. The third kappa shape index (κ3) is 3.15. The summed E-state index contributed by atoms with van der Waals surface area (Å²) in [6.07, 6.45) is 2.35. The molecule has 0 heterocycles. The zero-order valence-corrected chi connectivity index (χ0v) is 11.4. The average molecular weight is 279 g/mol. The van der Waals surface area contributed by atoms with E-state index >= 15 is 0 Å². The van der Waals surface area contributed by atoms with E-state index in [0.29, 0.717) is 31.2 Å². The summed E-state index contributed by atoms with van der Waals surface area (Å²) in [7, 11) is 0. The lowest BCUT2D eigenvalue weighted by molar-refractivity contribution is -0.142. The third-order valence-electron chi connectivity index (χ3n) is 3.85. The largest absolute Gasteiger partial charge is 0.481 e. The van der Waals surface area contributed by atoms with Crippen LogP contribution in [0.4, 0.5) is 4.39 Å². The van der Waals surface area contributed by atoms with Gasteiger partial charge in [-0.2, -0.15) is 0 Å². The number of carboxylic acid groups (broad SMARTS) is 1. The van der Waals surface area contributed by atoms with Gasteiger partial charge in [0.25, 0.3) is 5.91 Å². The van der Waals surface area contributed by atoms with Gasteiger partial charge in [-0.3, -0.25) is 9.59 Å². The summed E-state index contributed by atoms with van der Waals surface area (Å²) in [5, 5.41) is 11.7. The maximum absolute atomic E-state index is 13.8. The normalized spacial score (nSPS) is 22.3. The molecule has 5 heteroatoms. The highest BCUT2D eigenvalue weighted by Crippen LogP contribution is 2.24. The summed E-state index contributed by atoms with van der Waals surface area (Å²) >= 11 is 0. The van der Waals surface area contributed by atoms with Crippen LogP contribution < -0.4 is 5.32 Å². The number of hydrogen-bond acceptors (Lipinski definition) is 2. The monoisotopic (exact) mass is 279 g/mol. The van der Waals surface area contributed by atoms with Crippen molar-refractivity contribution < 1.29 is 19.1 Å². The first-order valence-electron chi connectivity index (χ1n) is 6.78. The fraction of sp³-hybridized carbons (Fsp3) is 0.467. The predicted octanol–water partition coefficient (Wildman–Crippen LogP) is 2.51. The van der Waals surface area contributed by atoms with Gasteiger partial charge >= 0.3 is 5.97 Å². The fourth-order valence-electron chi connectivity index (χ4n) is 2.57. The van der Waals surface area contributed by atoms with Crippen molar-refractivity contribution in [3.8, 4) is 0 Å². The lowest BCUT2D eigenvalue weighted by Gasteiger charge is -2.26. The number of carbonyl (C=O) groups excluding carboxylic acids is 1. The fourth-order valence-corrected chi connectivity index (χ4v) is 2.57. The van der Waals surface area contributed by atoms with E-state index in [9.17, 15) is 14.0 Å². The molecule has 1 aromatic rings. The van der Waals surface area contributed by atoms with E-state index in [1.165, 1.54) is 6.07 Å². The van der Waals surface area contributed by atoms with Crippen molar-refractivity contribution in [1.29, 1.82) is 0 Å². The lowest BCUT2D eigenvalue weighted by Crippen LogP contribution is -2.39. The van der Waals surface area contributed by atoms with Crippen molar-refractivity contribution in [3.63, 3.8) is 0 Å². The van der Waals surface area contributed by atoms with Gasteiger partial charge < -0.3 is 10.4 Å². The van der Waals surface area contributed by atoms with Crippen LogP contribution in [0.2, 0.25) is 0 Å². The van der Waals surface area contributed by atoms with E-state index in [4.69, 9.17) is 5.11 Å². The SMILES string of the molecule is Cc1cccc(C(=O)NC2CCC(C(=O)O)CC2)c1F. The van der Waals surface area contributed by atoms with Crippen molar-refractivity contribution in [2.24, 2.45) is 5.92 Å². The molecule has 4 nitrogen and oxygen atoms in total. The molecule has 1 fully saturated rings. The van der Waals surface area contributed by atoms with Crippen LogP contribution in [0.5, 0.6) is 0 Å². The molecule has 1 aromatic carbocycles. The van der Waals surface area contributed by atoms with Crippen LogP contribution in [0.1, 0.15) is 41.6 Å². The topological polar surface area (TPSA) is 66.4 Å². The number of carboxylic acids is 1. The van der Waals surface area contributed by atoms with E-state index in [-0.39, 0.29) is 17.5 Å². The maximum Gasteiger partial charge on any atom is 0.306 e. The van der Waals surface area contributed by atoms with Crippen LogP contribution in [0.3, 0.4) is 0 Å². The van der Waals surface area contributed by atoms with Crippen LogP contribution in [0.15, 0.2) is 18.2 Å². The molecule has 1 amide bonds. The second kappa shape index (κ2) is 6.03. The minimum absolute atomic E-state index is 0.0466. The highest BCUT2D eigenvalue weighted by molar-refractivity contribution is 5.94. The van der Waals surface area contributed by atoms with Gasteiger partial charge in [0.1, 0.15) is 5.82 Å². The van der Waals surface area contributed by atoms with Crippen molar-refractivity contribution in [1.82, 2.24) is 5.32 Å². The summed E-state index contributed by atoms with van der Waals surface area (Å²) in [5.74, 6) is -2.02. The van der Waals surface area contributed by atoms with E-state index in [2.05, 4.69) is 5.32 Å². The number of carbonyl (C=O) groups is 2. The zero-order chi connectivity index (χ0) is 14.7. The van der Waals surface area contributed by atoms with Gasteiger partial charge in [0.2, 0.25) is 0 Å². The molecule has 0 bridgehead atoms. The molecule has 0 radical (unpaired) electrons. The summed E-state index contributed by atoms with van der Waals surface area (Å²) in [6.45, 7) is 1.62. The van der Waals surface area contributed by atoms with Gasteiger partial charge in [0.15, 0.2) is 0 Å². The minimum atomic E-state index is -0.778. The predicted molar refractivity (Wildman–Crippen MR) is 72.0 cm³/mol. The van der Waals surface area contributed by atoms with Gasteiger partial charge in [-0.15, -0.1) is 0 Å². The smallest absolute Gasteiger partial charge is 0.306 e. The van der Waals surface area contributed by atoms with E-state index in [1.54, 1.807) is 19.1 Å². The Morgan fingerprint density at radius 2 is 1.90 bits per heavy atom. The first-order chi connectivity index (χ1) is 9.49. The van der Waals surface area contributed by atoms with E-state index in [1.807, 2.05) is 0 Å². The summed E-state index contributed by atoms with van der Waals surface area (Å²) < 4.78 is 13.8. The average Bonchev–Trinajstić information content (AvgIpc) is 2.42. The number of hydrogen-bond donors (Lipinski definition) is 2. The second-order valence-electron chi connectivity index (χ2n) is 5.30. The summed E-state index contributed by atoms with van der Waals surface area (Å²) in [6, 6.07) is 4.65. The van der Waals surface area contributed by atoms with Crippen LogP contribution >= 0.6 is 0 Å². The van der Waals surface area contributed by atoms with Crippen molar-refractivity contribution in [3.05, 3.63) is 35.1 Å². The molecule has 0 unspecified atom stereocenters. The quantitative estimate of drug-likeness (QED) is 0.893. The van der Waals surface area contributed by atoms with Gasteiger partial charge in [0.05, 0.1) is 11.5 Å². The lowest BCUT2D eigenvalue weighted by atomic mass is 9.86. The number of halogens is 1. The molecule has 0 atom stereocenters. The highest BCUT2D eigenvalue weighted by Gasteiger charge is 2.27. The van der Waals surface area contributed by atoms with Crippen LogP contribution in [0.25, 0.3) is 0 Å². The second-order valence-corrected chi connectivity index (χ2v) is 5.30. The number of aliphatic carboxylic acids is 1. The Kier molecular flexibility index (Phi) is 4.37. The van der Waals surface area contributed by atoms with Crippen molar-refractivity contribution in [2.45, 2.75) is 38.6 Å². The van der Waals surface area contributed by atoms with E-state index in [0.717, 1.165) is 0 Å². The molecule has 1 aliphatic carbocycles. The highest BCUT2D eigenvalue weighted by atomic mass is 19.1. The Bertz CT molecular complexity index is 522.